The molecule has 1 atom stereocenters. The number of ether oxygens (including phenoxy) is 1. The zero-order valence-electron chi connectivity index (χ0n) is 12.0. The van der Waals surface area contributed by atoms with Crippen molar-refractivity contribution >= 4 is 11.4 Å². The summed E-state index contributed by atoms with van der Waals surface area (Å²) in [6.07, 6.45) is 2.35. The van der Waals surface area contributed by atoms with E-state index in [0.29, 0.717) is 17.4 Å². The van der Waals surface area contributed by atoms with E-state index >= 15 is 0 Å². The van der Waals surface area contributed by atoms with Crippen molar-refractivity contribution in [2.45, 2.75) is 12.8 Å². The van der Waals surface area contributed by atoms with Crippen molar-refractivity contribution < 1.29 is 9.66 Å². The molecule has 0 spiro atoms. The quantitative estimate of drug-likeness (QED) is 0.662. The number of hydrogen-bond acceptors (Lipinski definition) is 5. The largest absolute Gasteiger partial charge is 0.497 e. The van der Waals surface area contributed by atoms with Gasteiger partial charge in [-0.2, -0.15) is 0 Å². The Morgan fingerprint density at radius 2 is 2.35 bits per heavy atom. The molecule has 1 aromatic rings. The Morgan fingerprint density at radius 1 is 1.55 bits per heavy atom. The molecule has 0 radical (unpaired) electrons. The summed E-state index contributed by atoms with van der Waals surface area (Å²) in [5.74, 6) is 1.15. The van der Waals surface area contributed by atoms with E-state index in [9.17, 15) is 10.1 Å². The zero-order chi connectivity index (χ0) is 14.5. The SMILES string of the molecule is COc1ccc([N+](=O)[O-])c(NCC2CCCN(C)C2)c1. The first kappa shape index (κ1) is 14.6. The summed E-state index contributed by atoms with van der Waals surface area (Å²) in [4.78, 5) is 13.0. The lowest BCUT2D eigenvalue weighted by molar-refractivity contribution is -0.384. The minimum absolute atomic E-state index is 0.0926. The minimum atomic E-state index is -0.366. The standard InChI is InChI=1S/C14H21N3O3/c1-16-7-3-4-11(10-16)9-15-13-8-12(20-2)5-6-14(13)17(18)19/h5-6,8,11,15H,3-4,7,9-10H2,1-2H3. The highest BCUT2D eigenvalue weighted by Gasteiger charge is 2.19. The van der Waals surface area contributed by atoms with Gasteiger partial charge in [0, 0.05) is 25.2 Å². The van der Waals surface area contributed by atoms with Crippen LogP contribution in [0.3, 0.4) is 0 Å². The molecule has 0 aromatic heterocycles. The Kier molecular flexibility index (Phi) is 4.79. The number of hydrogen-bond donors (Lipinski definition) is 1. The molecule has 1 heterocycles. The third kappa shape index (κ3) is 3.60. The summed E-state index contributed by atoms with van der Waals surface area (Å²) in [5, 5.41) is 14.3. The molecule has 1 aromatic carbocycles. The van der Waals surface area contributed by atoms with Crippen LogP contribution in [0, 0.1) is 16.0 Å². The number of anilines is 1. The van der Waals surface area contributed by atoms with Gasteiger partial charge in [-0.25, -0.2) is 0 Å². The highest BCUT2D eigenvalue weighted by Crippen LogP contribution is 2.29. The summed E-state index contributed by atoms with van der Waals surface area (Å²) in [6.45, 7) is 2.92. The molecule has 1 N–H and O–H groups in total. The fourth-order valence-electron chi connectivity index (χ4n) is 2.64. The van der Waals surface area contributed by atoms with Gasteiger partial charge < -0.3 is 15.0 Å². The molecule has 1 aliphatic rings. The number of methoxy groups -OCH3 is 1. The van der Waals surface area contributed by atoms with E-state index in [1.54, 1.807) is 19.2 Å². The molecule has 110 valence electrons. The van der Waals surface area contributed by atoms with E-state index in [4.69, 9.17) is 4.74 Å². The lowest BCUT2D eigenvalue weighted by atomic mass is 9.98. The van der Waals surface area contributed by atoms with Crippen molar-refractivity contribution in [2.24, 2.45) is 5.92 Å². The summed E-state index contributed by atoms with van der Waals surface area (Å²) in [7, 11) is 3.67. The molecule has 1 unspecified atom stereocenters. The molecule has 6 heteroatoms. The number of nitro groups is 1. The third-order valence-electron chi connectivity index (χ3n) is 3.70. The Hall–Kier alpha value is -1.82. The minimum Gasteiger partial charge on any atom is -0.497 e. The number of nitrogens with one attached hydrogen (secondary N) is 1. The first-order chi connectivity index (χ1) is 9.60. The Balaban J connectivity index is 2.05. The van der Waals surface area contributed by atoms with E-state index in [1.165, 1.54) is 12.5 Å². The first-order valence-electron chi connectivity index (χ1n) is 6.85. The Bertz CT molecular complexity index is 479. The average Bonchev–Trinajstić information content (AvgIpc) is 2.44. The van der Waals surface area contributed by atoms with Crippen molar-refractivity contribution in [2.75, 3.05) is 39.1 Å². The van der Waals surface area contributed by atoms with E-state index in [-0.39, 0.29) is 10.6 Å². The van der Waals surface area contributed by atoms with Crippen LogP contribution in [0.4, 0.5) is 11.4 Å². The second-order valence-electron chi connectivity index (χ2n) is 5.29. The van der Waals surface area contributed by atoms with Crippen molar-refractivity contribution in [3.63, 3.8) is 0 Å². The van der Waals surface area contributed by atoms with Crippen molar-refractivity contribution in [3.05, 3.63) is 28.3 Å². The second-order valence-corrected chi connectivity index (χ2v) is 5.29. The van der Waals surface area contributed by atoms with Gasteiger partial charge in [-0.1, -0.05) is 0 Å². The highest BCUT2D eigenvalue weighted by molar-refractivity contribution is 5.64. The molecule has 1 saturated heterocycles. The number of piperidine rings is 1. The van der Waals surface area contributed by atoms with Gasteiger partial charge in [-0.3, -0.25) is 10.1 Å². The normalized spacial score (nSPS) is 19.6. The van der Waals surface area contributed by atoms with Crippen LogP contribution < -0.4 is 10.1 Å². The maximum atomic E-state index is 11.0. The van der Waals surface area contributed by atoms with E-state index in [2.05, 4.69) is 17.3 Å². The van der Waals surface area contributed by atoms with Crippen LogP contribution >= 0.6 is 0 Å². The van der Waals surface area contributed by atoms with Crippen LogP contribution in [-0.4, -0.2) is 43.6 Å². The summed E-state index contributed by atoms with van der Waals surface area (Å²) < 4.78 is 5.13. The van der Waals surface area contributed by atoms with Crippen molar-refractivity contribution in [1.82, 2.24) is 4.90 Å². The molecule has 6 nitrogen and oxygen atoms in total. The summed E-state index contributed by atoms with van der Waals surface area (Å²) >= 11 is 0. The predicted octanol–water partition coefficient (Wildman–Crippen LogP) is 2.36. The molecule has 1 aliphatic heterocycles. The third-order valence-corrected chi connectivity index (χ3v) is 3.70. The highest BCUT2D eigenvalue weighted by atomic mass is 16.6. The molecule has 0 amide bonds. The van der Waals surface area contributed by atoms with Crippen molar-refractivity contribution in [3.8, 4) is 5.75 Å². The van der Waals surface area contributed by atoms with Gasteiger partial charge in [0.1, 0.15) is 11.4 Å². The monoisotopic (exact) mass is 279 g/mol. The molecule has 0 aliphatic carbocycles. The van der Waals surface area contributed by atoms with Gasteiger partial charge in [0.25, 0.3) is 5.69 Å². The lowest BCUT2D eigenvalue weighted by Crippen LogP contribution is -2.35. The molecule has 20 heavy (non-hydrogen) atoms. The lowest BCUT2D eigenvalue weighted by Gasteiger charge is -2.29. The first-order valence-corrected chi connectivity index (χ1v) is 6.85. The van der Waals surface area contributed by atoms with Crippen LogP contribution in [0.2, 0.25) is 0 Å². The number of benzene rings is 1. The summed E-state index contributed by atoms with van der Waals surface area (Å²) in [6, 6.07) is 4.77. The van der Waals surface area contributed by atoms with Gasteiger partial charge in [0.2, 0.25) is 0 Å². The number of rotatable bonds is 5. The molecular formula is C14H21N3O3. The number of likely N-dealkylation sites (tertiary alicyclic amines) is 1. The fraction of sp³-hybridized carbons (Fsp3) is 0.571. The Labute approximate surface area is 118 Å². The van der Waals surface area contributed by atoms with E-state index in [1.807, 2.05) is 0 Å². The number of nitro benzene ring substituents is 1. The maximum absolute atomic E-state index is 11.0. The van der Waals surface area contributed by atoms with Gasteiger partial charge in [-0.15, -0.1) is 0 Å². The molecule has 0 saturated carbocycles. The molecule has 0 bridgehead atoms. The van der Waals surface area contributed by atoms with Crippen LogP contribution in [0.25, 0.3) is 0 Å². The summed E-state index contributed by atoms with van der Waals surface area (Å²) in [5.41, 5.74) is 0.623. The van der Waals surface area contributed by atoms with Crippen LogP contribution in [0.1, 0.15) is 12.8 Å². The van der Waals surface area contributed by atoms with Crippen LogP contribution in [0.5, 0.6) is 5.75 Å². The smallest absolute Gasteiger partial charge is 0.292 e. The zero-order valence-corrected chi connectivity index (χ0v) is 12.0. The number of nitrogens with zero attached hydrogens (tertiary/aromatic N) is 2. The van der Waals surface area contributed by atoms with Gasteiger partial charge >= 0.3 is 0 Å². The maximum Gasteiger partial charge on any atom is 0.292 e. The fourth-order valence-corrected chi connectivity index (χ4v) is 2.64. The van der Waals surface area contributed by atoms with Gasteiger partial charge in [-0.05, 0) is 38.4 Å². The molecule has 2 rings (SSSR count). The van der Waals surface area contributed by atoms with Gasteiger partial charge in [0.05, 0.1) is 12.0 Å². The topological polar surface area (TPSA) is 67.6 Å². The van der Waals surface area contributed by atoms with Crippen LogP contribution in [-0.2, 0) is 0 Å². The van der Waals surface area contributed by atoms with Crippen molar-refractivity contribution in [1.29, 1.82) is 0 Å². The van der Waals surface area contributed by atoms with E-state index in [0.717, 1.165) is 26.1 Å². The van der Waals surface area contributed by atoms with E-state index < -0.39 is 0 Å². The average molecular weight is 279 g/mol. The molecular weight excluding hydrogens is 258 g/mol. The second kappa shape index (κ2) is 6.56. The predicted molar refractivity (Wildman–Crippen MR) is 78.4 cm³/mol. The van der Waals surface area contributed by atoms with Gasteiger partial charge in [0.15, 0.2) is 0 Å². The Morgan fingerprint density at radius 3 is 3.00 bits per heavy atom. The molecule has 1 fully saturated rings. The van der Waals surface area contributed by atoms with Crippen LogP contribution in [0.15, 0.2) is 18.2 Å².